The molecule has 0 saturated heterocycles. The summed E-state index contributed by atoms with van der Waals surface area (Å²) in [6.45, 7) is 3.85. The molecule has 0 aliphatic heterocycles. The number of rotatable bonds is 6. The van der Waals surface area contributed by atoms with Gasteiger partial charge in [0.05, 0.1) is 14.2 Å². The van der Waals surface area contributed by atoms with Crippen LogP contribution < -0.4 is 0 Å². The van der Waals surface area contributed by atoms with Crippen LogP contribution in [-0.2, 0) is 19.1 Å². The maximum atomic E-state index is 11.6. The summed E-state index contributed by atoms with van der Waals surface area (Å²) in [7, 11) is 2.63. The summed E-state index contributed by atoms with van der Waals surface area (Å²) in [6, 6.07) is 0. The van der Waals surface area contributed by atoms with Crippen molar-refractivity contribution in [3.05, 3.63) is 11.1 Å². The van der Waals surface area contributed by atoms with Crippen molar-refractivity contribution in [1.29, 1.82) is 0 Å². The van der Waals surface area contributed by atoms with E-state index in [4.69, 9.17) is 0 Å². The second kappa shape index (κ2) is 7.91. The van der Waals surface area contributed by atoms with Crippen LogP contribution >= 0.6 is 0 Å². The Morgan fingerprint density at radius 3 is 1.81 bits per heavy atom. The van der Waals surface area contributed by atoms with Crippen LogP contribution in [0.5, 0.6) is 0 Å². The zero-order chi connectivity index (χ0) is 12.6. The Morgan fingerprint density at radius 1 is 0.938 bits per heavy atom. The van der Waals surface area contributed by atoms with Crippen molar-refractivity contribution in [2.45, 2.75) is 39.5 Å². The van der Waals surface area contributed by atoms with Gasteiger partial charge in [-0.2, -0.15) is 0 Å². The topological polar surface area (TPSA) is 52.6 Å². The minimum atomic E-state index is -0.445. The highest BCUT2D eigenvalue weighted by Crippen LogP contribution is 2.18. The average molecular weight is 228 g/mol. The molecule has 0 unspecified atom stereocenters. The zero-order valence-electron chi connectivity index (χ0n) is 10.5. The van der Waals surface area contributed by atoms with Gasteiger partial charge in [0.25, 0.3) is 0 Å². The van der Waals surface area contributed by atoms with E-state index in [0.29, 0.717) is 24.0 Å². The number of hydrogen-bond acceptors (Lipinski definition) is 4. The largest absolute Gasteiger partial charge is 0.466 e. The first-order chi connectivity index (χ1) is 7.62. The third kappa shape index (κ3) is 4.04. The van der Waals surface area contributed by atoms with Crippen LogP contribution in [-0.4, -0.2) is 26.2 Å². The minimum Gasteiger partial charge on any atom is -0.466 e. The van der Waals surface area contributed by atoms with Gasteiger partial charge in [0, 0.05) is 11.1 Å². The van der Waals surface area contributed by atoms with Gasteiger partial charge < -0.3 is 9.47 Å². The van der Waals surface area contributed by atoms with E-state index in [2.05, 4.69) is 9.47 Å². The summed E-state index contributed by atoms with van der Waals surface area (Å²) in [5.74, 6) is -0.880. The van der Waals surface area contributed by atoms with Crippen molar-refractivity contribution in [3.63, 3.8) is 0 Å². The fraction of sp³-hybridized carbons (Fsp3) is 0.667. The van der Waals surface area contributed by atoms with E-state index < -0.39 is 11.9 Å². The Bertz CT molecular complexity index is 279. The Balaban J connectivity index is 5.11. The van der Waals surface area contributed by atoms with Gasteiger partial charge in [0.1, 0.15) is 0 Å². The van der Waals surface area contributed by atoms with Crippen LogP contribution in [0, 0.1) is 0 Å². The lowest BCUT2D eigenvalue weighted by molar-refractivity contribution is -0.139. The normalized spacial score (nSPS) is 11.8. The number of esters is 2. The van der Waals surface area contributed by atoms with Gasteiger partial charge in [-0.1, -0.05) is 20.3 Å². The molecule has 0 amide bonds. The summed E-state index contributed by atoms with van der Waals surface area (Å²) >= 11 is 0. The number of carbonyl (C=O) groups is 2. The molecule has 0 bridgehead atoms. The van der Waals surface area contributed by atoms with Gasteiger partial charge in [0.15, 0.2) is 0 Å². The third-order valence-corrected chi connectivity index (χ3v) is 2.36. The molecule has 16 heavy (non-hydrogen) atoms. The maximum Gasteiger partial charge on any atom is 0.334 e. The molecule has 0 radical (unpaired) electrons. The predicted octanol–water partition coefficient (Wildman–Crippen LogP) is 2.23. The Kier molecular flexibility index (Phi) is 7.25. The smallest absolute Gasteiger partial charge is 0.334 e. The molecular weight excluding hydrogens is 208 g/mol. The first kappa shape index (κ1) is 14.7. The number of methoxy groups -OCH3 is 2. The average Bonchev–Trinajstić information content (AvgIpc) is 2.32. The summed E-state index contributed by atoms with van der Waals surface area (Å²) in [5, 5.41) is 0. The van der Waals surface area contributed by atoms with E-state index in [1.54, 1.807) is 0 Å². The minimum absolute atomic E-state index is 0.419. The first-order valence-electron chi connectivity index (χ1n) is 5.50. The van der Waals surface area contributed by atoms with E-state index >= 15 is 0 Å². The molecule has 0 atom stereocenters. The van der Waals surface area contributed by atoms with Crippen molar-refractivity contribution >= 4 is 11.9 Å². The molecule has 0 fully saturated rings. The number of hydrogen-bond donors (Lipinski definition) is 0. The van der Waals surface area contributed by atoms with Gasteiger partial charge in [-0.15, -0.1) is 0 Å². The van der Waals surface area contributed by atoms with Crippen LogP contribution in [0.4, 0.5) is 0 Å². The molecule has 0 aromatic heterocycles. The fourth-order valence-electron chi connectivity index (χ4n) is 1.46. The van der Waals surface area contributed by atoms with Crippen LogP contribution in [0.1, 0.15) is 39.5 Å². The van der Waals surface area contributed by atoms with Gasteiger partial charge in [-0.25, -0.2) is 9.59 Å². The molecule has 0 spiro atoms. The van der Waals surface area contributed by atoms with Crippen molar-refractivity contribution in [2.24, 2.45) is 0 Å². The maximum absolute atomic E-state index is 11.6. The molecule has 0 saturated carbocycles. The highest BCUT2D eigenvalue weighted by molar-refractivity contribution is 6.00. The number of ether oxygens (including phenoxy) is 2. The molecule has 4 nitrogen and oxygen atoms in total. The molecule has 0 aromatic rings. The van der Waals surface area contributed by atoms with Gasteiger partial charge in [-0.3, -0.25) is 0 Å². The lowest BCUT2D eigenvalue weighted by atomic mass is 10.0. The van der Waals surface area contributed by atoms with Crippen molar-refractivity contribution in [2.75, 3.05) is 14.2 Å². The van der Waals surface area contributed by atoms with Gasteiger partial charge in [-0.05, 0) is 19.3 Å². The third-order valence-electron chi connectivity index (χ3n) is 2.36. The van der Waals surface area contributed by atoms with E-state index in [0.717, 1.165) is 12.8 Å². The Hall–Kier alpha value is -1.32. The van der Waals surface area contributed by atoms with Crippen molar-refractivity contribution in [3.8, 4) is 0 Å². The molecule has 0 N–H and O–H groups in total. The van der Waals surface area contributed by atoms with Gasteiger partial charge in [0.2, 0.25) is 0 Å². The summed E-state index contributed by atoms with van der Waals surface area (Å²) < 4.78 is 9.34. The molecular formula is C12H20O4. The van der Waals surface area contributed by atoms with Crippen LogP contribution in [0.3, 0.4) is 0 Å². The van der Waals surface area contributed by atoms with Crippen LogP contribution in [0.15, 0.2) is 11.1 Å². The Morgan fingerprint density at radius 2 is 1.44 bits per heavy atom. The second-order valence-electron chi connectivity index (χ2n) is 3.40. The van der Waals surface area contributed by atoms with E-state index in [9.17, 15) is 9.59 Å². The van der Waals surface area contributed by atoms with E-state index in [-0.39, 0.29) is 0 Å². The Labute approximate surface area is 96.6 Å². The number of carbonyl (C=O) groups excluding carboxylic acids is 2. The molecule has 0 heterocycles. The molecule has 4 heteroatoms. The second-order valence-corrected chi connectivity index (χ2v) is 3.40. The molecule has 0 aliphatic carbocycles. The monoisotopic (exact) mass is 228 g/mol. The molecule has 0 rings (SSSR count). The fourth-order valence-corrected chi connectivity index (χ4v) is 1.46. The summed E-state index contributed by atoms with van der Waals surface area (Å²) in [5.41, 5.74) is 0.863. The zero-order valence-corrected chi connectivity index (χ0v) is 10.5. The molecule has 92 valence electrons. The van der Waals surface area contributed by atoms with Gasteiger partial charge >= 0.3 is 11.9 Å². The van der Waals surface area contributed by atoms with E-state index in [1.165, 1.54) is 14.2 Å². The lowest BCUT2D eigenvalue weighted by Crippen LogP contribution is -2.14. The van der Waals surface area contributed by atoms with Crippen LogP contribution in [0.25, 0.3) is 0 Å². The van der Waals surface area contributed by atoms with Crippen molar-refractivity contribution < 1.29 is 19.1 Å². The highest BCUT2D eigenvalue weighted by Gasteiger charge is 2.20. The quantitative estimate of drug-likeness (QED) is 0.516. The van der Waals surface area contributed by atoms with Crippen molar-refractivity contribution in [1.82, 2.24) is 0 Å². The molecule has 0 aromatic carbocycles. The molecule has 0 aliphatic rings. The summed E-state index contributed by atoms with van der Waals surface area (Å²) in [6.07, 6.45) is 2.84. The standard InChI is InChI=1S/C12H20O4/c1-5-7-8-10(12(14)16-4)9(6-2)11(13)15-3/h5-8H2,1-4H3. The van der Waals surface area contributed by atoms with Crippen LogP contribution in [0.2, 0.25) is 0 Å². The van der Waals surface area contributed by atoms with E-state index in [1.807, 2.05) is 13.8 Å². The first-order valence-corrected chi connectivity index (χ1v) is 5.50. The number of unbranched alkanes of at least 4 members (excludes halogenated alkanes) is 1. The lowest BCUT2D eigenvalue weighted by Gasteiger charge is -2.10. The summed E-state index contributed by atoms with van der Waals surface area (Å²) in [4.78, 5) is 23.0. The predicted molar refractivity (Wildman–Crippen MR) is 60.9 cm³/mol. The SMILES string of the molecule is CCCCC(C(=O)OC)=C(CC)C(=O)OC. The highest BCUT2D eigenvalue weighted by atomic mass is 16.5.